The summed E-state index contributed by atoms with van der Waals surface area (Å²) in [5.74, 6) is -7.79. The van der Waals surface area contributed by atoms with Gasteiger partial charge in [0.05, 0.1) is 12.5 Å². The second-order valence-electron chi connectivity index (χ2n) is 8.18. The van der Waals surface area contributed by atoms with Gasteiger partial charge in [0.1, 0.15) is 18.1 Å². The Labute approximate surface area is 217 Å². The van der Waals surface area contributed by atoms with E-state index in [-0.39, 0.29) is 31.8 Å². The number of nitrogens with zero attached hydrogens (tertiary/aromatic N) is 1. The Bertz CT molecular complexity index is 922. The normalized spacial score (nSPS) is 13.6. The van der Waals surface area contributed by atoms with Crippen LogP contribution in [0.5, 0.6) is 0 Å². The number of carbonyl (C=O) groups is 7. The maximum Gasteiger partial charge on any atom is 0.326 e. The van der Waals surface area contributed by atoms with Crippen molar-refractivity contribution in [2.75, 3.05) is 6.54 Å². The van der Waals surface area contributed by atoms with Gasteiger partial charge < -0.3 is 54.8 Å². The van der Waals surface area contributed by atoms with E-state index in [0.29, 0.717) is 6.42 Å². The first-order valence-electron chi connectivity index (χ1n) is 11.4. The number of rotatable bonds is 19. The molecule has 4 atom stereocenters. The van der Waals surface area contributed by atoms with Crippen LogP contribution in [-0.2, 0) is 33.6 Å². The lowest BCUT2D eigenvalue weighted by molar-refractivity contribution is -0.143. The van der Waals surface area contributed by atoms with Gasteiger partial charge in [-0.05, 0) is 25.7 Å². The molecule has 0 aliphatic rings. The number of hydrogen-bond acceptors (Lipinski definition) is 9. The predicted octanol–water partition coefficient (Wildman–Crippen LogP) is -5.09. The first-order valence-corrected chi connectivity index (χ1v) is 11.4. The topological polar surface area (TPSA) is 338 Å². The van der Waals surface area contributed by atoms with E-state index in [1.165, 1.54) is 0 Å². The molecule has 0 spiro atoms. The van der Waals surface area contributed by atoms with Gasteiger partial charge in [-0.1, -0.05) is 0 Å². The number of carbonyl (C=O) groups excluding carboxylic acids is 5. The van der Waals surface area contributed by atoms with E-state index < -0.39 is 84.9 Å². The molecule has 18 nitrogen and oxygen atoms in total. The van der Waals surface area contributed by atoms with Crippen molar-refractivity contribution in [3.8, 4) is 0 Å². The maximum atomic E-state index is 12.9. The molecule has 15 N–H and O–H groups in total. The van der Waals surface area contributed by atoms with Gasteiger partial charge in [0.2, 0.25) is 29.5 Å². The molecule has 38 heavy (non-hydrogen) atoms. The Morgan fingerprint density at radius 1 is 0.684 bits per heavy atom. The number of aliphatic carboxylic acids is 2. The summed E-state index contributed by atoms with van der Waals surface area (Å²) in [6.07, 6.45) is -2.01. The van der Waals surface area contributed by atoms with E-state index in [1.54, 1.807) is 0 Å². The van der Waals surface area contributed by atoms with Crippen LogP contribution in [0, 0.1) is 0 Å². The number of nitrogens with one attached hydrogen (secondary N) is 3. The molecule has 0 aromatic rings. The molecule has 5 amide bonds. The number of carboxylic acids is 2. The Morgan fingerprint density at radius 2 is 1.21 bits per heavy atom. The van der Waals surface area contributed by atoms with E-state index in [2.05, 4.69) is 15.6 Å². The number of nitrogens with two attached hydrogens (primary N) is 5. The van der Waals surface area contributed by atoms with Crippen LogP contribution in [0.25, 0.3) is 0 Å². The molecular weight excluding hydrogens is 510 g/mol. The molecule has 0 aliphatic carbocycles. The number of amides is 5. The summed E-state index contributed by atoms with van der Waals surface area (Å²) in [7, 11) is 0. The molecule has 4 unspecified atom stereocenters. The molecule has 0 fully saturated rings. The molecule has 0 aliphatic heterocycles. The molecule has 0 aromatic carbocycles. The zero-order valence-corrected chi connectivity index (χ0v) is 20.6. The quantitative estimate of drug-likeness (QED) is 0.0414. The van der Waals surface area contributed by atoms with Crippen LogP contribution in [0.3, 0.4) is 0 Å². The number of carboxylic acid groups (broad SMARTS) is 2. The van der Waals surface area contributed by atoms with Gasteiger partial charge in [0, 0.05) is 19.4 Å². The largest absolute Gasteiger partial charge is 0.481 e. The summed E-state index contributed by atoms with van der Waals surface area (Å²) in [5.41, 5.74) is 26.5. The first-order chi connectivity index (χ1) is 17.6. The number of primary amides is 2. The summed E-state index contributed by atoms with van der Waals surface area (Å²) in [6.45, 7) is 0.197. The highest BCUT2D eigenvalue weighted by atomic mass is 16.4. The van der Waals surface area contributed by atoms with E-state index >= 15 is 0 Å². The van der Waals surface area contributed by atoms with Crippen molar-refractivity contribution in [1.82, 2.24) is 16.0 Å². The van der Waals surface area contributed by atoms with Gasteiger partial charge in [-0.15, -0.1) is 0 Å². The first kappa shape index (κ1) is 33.5. The highest BCUT2D eigenvalue weighted by molar-refractivity contribution is 5.96. The van der Waals surface area contributed by atoms with Crippen LogP contribution < -0.4 is 44.6 Å². The standard InChI is InChI=1S/C20H35N9O9/c21-9(2-1-7-26-20(24)25)16(34)27-10(3-5-13(22)30)17(35)29-12(8-14(23)31)18(36)28-11(19(37)38)4-6-15(32)33/h9-12H,1-8,21H2,(H2,22,30)(H2,23,31)(H,27,34)(H,28,36)(H,29,35)(H,32,33)(H,37,38)(H4,24,25,26). The molecule has 0 saturated carbocycles. The van der Waals surface area contributed by atoms with Gasteiger partial charge in [0.15, 0.2) is 5.96 Å². The number of aliphatic imine (C=N–C) groups is 1. The summed E-state index contributed by atoms with van der Waals surface area (Å²) < 4.78 is 0. The van der Waals surface area contributed by atoms with Crippen molar-refractivity contribution in [1.29, 1.82) is 0 Å². The third kappa shape index (κ3) is 14.8. The van der Waals surface area contributed by atoms with Gasteiger partial charge in [-0.25, -0.2) is 4.79 Å². The van der Waals surface area contributed by atoms with Gasteiger partial charge in [0.25, 0.3) is 0 Å². The highest BCUT2D eigenvalue weighted by Gasteiger charge is 2.31. The lowest BCUT2D eigenvalue weighted by atomic mass is 10.1. The second-order valence-corrected chi connectivity index (χ2v) is 8.18. The van der Waals surface area contributed by atoms with Crippen LogP contribution in [0.1, 0.15) is 44.9 Å². The monoisotopic (exact) mass is 545 g/mol. The molecule has 0 rings (SSSR count). The van der Waals surface area contributed by atoms with Crippen molar-refractivity contribution in [2.24, 2.45) is 33.7 Å². The molecule has 0 heterocycles. The Morgan fingerprint density at radius 3 is 1.71 bits per heavy atom. The van der Waals surface area contributed by atoms with E-state index in [4.69, 9.17) is 33.8 Å². The van der Waals surface area contributed by atoms with E-state index in [1.807, 2.05) is 5.32 Å². The summed E-state index contributed by atoms with van der Waals surface area (Å²) in [5, 5.41) is 24.5. The minimum atomic E-state index is -1.69. The average Bonchev–Trinajstić information content (AvgIpc) is 2.80. The van der Waals surface area contributed by atoms with Crippen molar-refractivity contribution < 1.29 is 43.8 Å². The fourth-order valence-corrected chi connectivity index (χ4v) is 2.96. The fourth-order valence-electron chi connectivity index (χ4n) is 2.96. The Balaban J connectivity index is 5.52. The molecule has 214 valence electrons. The number of guanidine groups is 1. The van der Waals surface area contributed by atoms with Crippen LogP contribution in [-0.4, -0.2) is 88.4 Å². The van der Waals surface area contributed by atoms with Crippen molar-refractivity contribution in [3.05, 3.63) is 0 Å². The number of hydrogen-bond donors (Lipinski definition) is 10. The zero-order chi connectivity index (χ0) is 29.4. The maximum absolute atomic E-state index is 12.9. The summed E-state index contributed by atoms with van der Waals surface area (Å²) >= 11 is 0. The van der Waals surface area contributed by atoms with Crippen LogP contribution >= 0.6 is 0 Å². The lowest BCUT2D eigenvalue weighted by Gasteiger charge is -2.24. The van der Waals surface area contributed by atoms with Crippen molar-refractivity contribution >= 4 is 47.4 Å². The average molecular weight is 546 g/mol. The SMILES string of the molecule is NC(=O)CCC(NC(=O)C(N)CCCN=C(N)N)C(=O)NC(CC(N)=O)C(=O)NC(CCC(=O)O)C(=O)O. The van der Waals surface area contributed by atoms with Gasteiger partial charge in [-0.2, -0.15) is 0 Å². The Kier molecular flexibility index (Phi) is 15.0. The molecule has 0 bridgehead atoms. The minimum absolute atomic E-state index is 0.131. The van der Waals surface area contributed by atoms with Gasteiger partial charge in [-0.3, -0.25) is 33.8 Å². The minimum Gasteiger partial charge on any atom is -0.481 e. The smallest absolute Gasteiger partial charge is 0.326 e. The molecule has 18 heteroatoms. The van der Waals surface area contributed by atoms with Crippen LogP contribution in [0.4, 0.5) is 0 Å². The third-order valence-electron chi connectivity index (χ3n) is 4.92. The van der Waals surface area contributed by atoms with Crippen LogP contribution in [0.15, 0.2) is 4.99 Å². The molecule has 0 aromatic heterocycles. The van der Waals surface area contributed by atoms with Crippen molar-refractivity contribution in [2.45, 2.75) is 69.1 Å². The third-order valence-corrected chi connectivity index (χ3v) is 4.92. The van der Waals surface area contributed by atoms with Gasteiger partial charge >= 0.3 is 11.9 Å². The molecular formula is C20H35N9O9. The summed E-state index contributed by atoms with van der Waals surface area (Å²) in [4.78, 5) is 86.6. The van der Waals surface area contributed by atoms with E-state index in [0.717, 1.165) is 0 Å². The van der Waals surface area contributed by atoms with E-state index in [9.17, 15) is 38.7 Å². The molecule has 0 saturated heterocycles. The Hall–Kier alpha value is -4.48. The fraction of sp³-hybridized carbons (Fsp3) is 0.600. The zero-order valence-electron chi connectivity index (χ0n) is 20.6. The van der Waals surface area contributed by atoms with Crippen molar-refractivity contribution in [3.63, 3.8) is 0 Å². The highest BCUT2D eigenvalue weighted by Crippen LogP contribution is 2.05. The lowest BCUT2D eigenvalue weighted by Crippen LogP contribution is -2.57. The predicted molar refractivity (Wildman–Crippen MR) is 130 cm³/mol. The second kappa shape index (κ2) is 17.1. The molecule has 0 radical (unpaired) electrons. The van der Waals surface area contributed by atoms with Crippen LogP contribution in [0.2, 0.25) is 0 Å². The summed E-state index contributed by atoms with van der Waals surface area (Å²) in [6, 6.07) is -5.85.